The van der Waals surface area contributed by atoms with E-state index in [2.05, 4.69) is 26.8 Å². The summed E-state index contributed by atoms with van der Waals surface area (Å²) in [5.74, 6) is 0.701. The van der Waals surface area contributed by atoms with Crippen molar-refractivity contribution < 1.29 is 9.13 Å². The number of rotatable bonds is 5. The average molecular weight is 522 g/mol. The van der Waals surface area contributed by atoms with Crippen LogP contribution < -0.4 is 15.5 Å². The molecule has 1 aromatic rings. The zero-order chi connectivity index (χ0) is 19.1. The topological polar surface area (TPSA) is 48.9 Å². The highest BCUT2D eigenvalue weighted by atomic mass is 127. The van der Waals surface area contributed by atoms with Gasteiger partial charge in [-0.2, -0.15) is 11.8 Å². The zero-order valence-electron chi connectivity index (χ0n) is 16.7. The van der Waals surface area contributed by atoms with Crippen molar-refractivity contribution in [3.63, 3.8) is 0 Å². The molecule has 0 radical (unpaired) electrons. The first-order chi connectivity index (χ1) is 13.1. The second kappa shape index (κ2) is 11.4. The molecule has 1 aromatic carbocycles. The molecule has 0 atom stereocenters. The number of anilines is 1. The molecule has 2 aliphatic rings. The van der Waals surface area contributed by atoms with Gasteiger partial charge in [0.15, 0.2) is 5.96 Å². The smallest absolute Gasteiger partial charge is 0.191 e. The summed E-state index contributed by atoms with van der Waals surface area (Å²) >= 11 is 1.93. The molecule has 2 aliphatic heterocycles. The predicted molar refractivity (Wildman–Crippen MR) is 128 cm³/mol. The van der Waals surface area contributed by atoms with Gasteiger partial charge >= 0.3 is 0 Å². The minimum atomic E-state index is -0.173. The molecular formula is C20H32FIN4OS. The van der Waals surface area contributed by atoms with Crippen LogP contribution in [0.25, 0.3) is 0 Å². The van der Waals surface area contributed by atoms with Gasteiger partial charge in [-0.25, -0.2) is 4.39 Å². The molecule has 0 aliphatic carbocycles. The highest BCUT2D eigenvalue weighted by Crippen LogP contribution is 2.33. The Balaban J connectivity index is 0.00000280. The quantitative estimate of drug-likeness (QED) is 0.353. The first-order valence-corrected chi connectivity index (χ1v) is 11.0. The predicted octanol–water partition coefficient (Wildman–Crippen LogP) is 3.49. The van der Waals surface area contributed by atoms with Crippen LogP contribution in [-0.2, 0) is 4.74 Å². The van der Waals surface area contributed by atoms with E-state index in [1.54, 1.807) is 12.1 Å². The molecule has 0 amide bonds. The number of hydrogen-bond donors (Lipinski definition) is 2. The summed E-state index contributed by atoms with van der Waals surface area (Å²) in [6.07, 6.45) is 6.36. The molecule has 0 aromatic heterocycles. The van der Waals surface area contributed by atoms with Crippen LogP contribution in [0.4, 0.5) is 10.1 Å². The summed E-state index contributed by atoms with van der Waals surface area (Å²) in [7, 11) is 1.83. The summed E-state index contributed by atoms with van der Waals surface area (Å²) in [4.78, 5) is 6.66. The lowest BCUT2D eigenvalue weighted by Crippen LogP contribution is -2.52. The SMILES string of the molecule is CN=C(NCC1(SC)CCOCC1)NC1CCN(c2cccc(F)c2)CC1.I. The minimum Gasteiger partial charge on any atom is -0.381 e. The number of piperidine rings is 1. The van der Waals surface area contributed by atoms with E-state index in [1.165, 1.54) is 6.07 Å². The molecule has 2 heterocycles. The minimum absolute atomic E-state index is 0. The third-order valence-electron chi connectivity index (χ3n) is 5.65. The van der Waals surface area contributed by atoms with Gasteiger partial charge in [-0.15, -0.1) is 24.0 Å². The van der Waals surface area contributed by atoms with Crippen molar-refractivity contribution in [2.75, 3.05) is 51.1 Å². The number of nitrogens with zero attached hydrogens (tertiary/aromatic N) is 2. The molecule has 28 heavy (non-hydrogen) atoms. The molecule has 0 unspecified atom stereocenters. The van der Waals surface area contributed by atoms with Crippen LogP contribution in [0.5, 0.6) is 0 Å². The lowest BCUT2D eigenvalue weighted by Gasteiger charge is -2.37. The van der Waals surface area contributed by atoms with Gasteiger partial charge in [-0.1, -0.05) is 6.07 Å². The van der Waals surface area contributed by atoms with Gasteiger partial charge in [0.05, 0.1) is 0 Å². The van der Waals surface area contributed by atoms with Crippen LogP contribution in [0.15, 0.2) is 29.3 Å². The first kappa shape index (κ1) is 23.5. The molecule has 2 saturated heterocycles. The third kappa shape index (κ3) is 6.38. The Hall–Kier alpha value is -0.740. The number of ether oxygens (including phenoxy) is 1. The van der Waals surface area contributed by atoms with E-state index in [-0.39, 0.29) is 34.5 Å². The Morgan fingerprint density at radius 1 is 1.32 bits per heavy atom. The maximum Gasteiger partial charge on any atom is 0.191 e. The Kier molecular flexibility index (Phi) is 9.62. The first-order valence-electron chi connectivity index (χ1n) is 9.75. The number of nitrogens with one attached hydrogen (secondary N) is 2. The van der Waals surface area contributed by atoms with Crippen molar-refractivity contribution in [3.8, 4) is 0 Å². The van der Waals surface area contributed by atoms with Gasteiger partial charge in [-0.3, -0.25) is 4.99 Å². The number of aliphatic imine (C=N–C) groups is 1. The van der Waals surface area contributed by atoms with Gasteiger partial charge in [0, 0.05) is 56.4 Å². The molecular weight excluding hydrogens is 490 g/mol. The Bertz CT molecular complexity index is 634. The summed E-state index contributed by atoms with van der Waals surface area (Å²) in [6, 6.07) is 7.25. The Labute approximate surface area is 189 Å². The average Bonchev–Trinajstić information content (AvgIpc) is 2.72. The highest BCUT2D eigenvalue weighted by Gasteiger charge is 2.32. The molecule has 3 rings (SSSR count). The van der Waals surface area contributed by atoms with Gasteiger partial charge in [-0.05, 0) is 50.1 Å². The molecule has 2 fully saturated rings. The van der Waals surface area contributed by atoms with Crippen molar-refractivity contribution in [2.45, 2.75) is 36.5 Å². The van der Waals surface area contributed by atoms with E-state index >= 15 is 0 Å². The fourth-order valence-electron chi connectivity index (χ4n) is 3.78. The molecule has 0 bridgehead atoms. The number of benzene rings is 1. The van der Waals surface area contributed by atoms with Gasteiger partial charge in [0.2, 0.25) is 0 Å². The molecule has 8 heteroatoms. The molecule has 0 spiro atoms. The second-order valence-electron chi connectivity index (χ2n) is 7.31. The molecule has 2 N–H and O–H groups in total. The summed E-state index contributed by atoms with van der Waals surface area (Å²) < 4.78 is 19.2. The maximum atomic E-state index is 13.4. The molecule has 158 valence electrons. The van der Waals surface area contributed by atoms with Crippen molar-refractivity contribution in [3.05, 3.63) is 30.1 Å². The van der Waals surface area contributed by atoms with Crippen molar-refractivity contribution in [1.29, 1.82) is 0 Å². The number of guanidine groups is 1. The van der Waals surface area contributed by atoms with Gasteiger partial charge in [0.25, 0.3) is 0 Å². The Morgan fingerprint density at radius 3 is 2.64 bits per heavy atom. The second-order valence-corrected chi connectivity index (χ2v) is 8.59. The van der Waals surface area contributed by atoms with Crippen molar-refractivity contribution >= 4 is 47.4 Å². The highest BCUT2D eigenvalue weighted by molar-refractivity contribution is 14.0. The fourth-order valence-corrected chi connectivity index (χ4v) is 4.58. The lowest BCUT2D eigenvalue weighted by atomic mass is 9.99. The van der Waals surface area contributed by atoms with Crippen LogP contribution in [0.2, 0.25) is 0 Å². The fraction of sp³-hybridized carbons (Fsp3) is 0.650. The van der Waals surface area contributed by atoms with E-state index in [0.717, 1.165) is 70.2 Å². The molecule has 5 nitrogen and oxygen atoms in total. The normalized spacial score (nSPS) is 20.4. The van der Waals surface area contributed by atoms with E-state index in [4.69, 9.17) is 4.74 Å². The zero-order valence-corrected chi connectivity index (χ0v) is 19.9. The van der Waals surface area contributed by atoms with E-state index < -0.39 is 0 Å². The van der Waals surface area contributed by atoms with Gasteiger partial charge < -0.3 is 20.3 Å². The summed E-state index contributed by atoms with van der Waals surface area (Å²) in [6.45, 7) is 4.42. The summed E-state index contributed by atoms with van der Waals surface area (Å²) in [5, 5.41) is 7.10. The number of thioether (sulfide) groups is 1. The van der Waals surface area contributed by atoms with Crippen molar-refractivity contribution in [1.82, 2.24) is 10.6 Å². The largest absolute Gasteiger partial charge is 0.381 e. The van der Waals surface area contributed by atoms with Crippen LogP contribution in [-0.4, -0.2) is 62.9 Å². The van der Waals surface area contributed by atoms with Crippen LogP contribution in [0.1, 0.15) is 25.7 Å². The van der Waals surface area contributed by atoms with Crippen LogP contribution in [0, 0.1) is 5.82 Å². The third-order valence-corrected chi connectivity index (χ3v) is 7.07. The van der Waals surface area contributed by atoms with E-state index in [0.29, 0.717) is 6.04 Å². The molecule has 0 saturated carbocycles. The maximum absolute atomic E-state index is 13.4. The standard InChI is InChI=1S/C20H31FN4OS.HI/c1-22-19(23-15-20(27-2)8-12-26-13-9-20)24-17-6-10-25(11-7-17)18-5-3-4-16(21)14-18;/h3-5,14,17H,6-13,15H2,1-2H3,(H2,22,23,24);1H. The van der Waals surface area contributed by atoms with Crippen molar-refractivity contribution in [2.24, 2.45) is 4.99 Å². The lowest BCUT2D eigenvalue weighted by molar-refractivity contribution is 0.0782. The number of hydrogen-bond acceptors (Lipinski definition) is 4. The van der Waals surface area contributed by atoms with E-state index in [1.807, 2.05) is 24.9 Å². The number of halogens is 2. The van der Waals surface area contributed by atoms with Gasteiger partial charge in [0.1, 0.15) is 5.82 Å². The van der Waals surface area contributed by atoms with Crippen LogP contribution in [0.3, 0.4) is 0 Å². The Morgan fingerprint density at radius 2 is 2.04 bits per heavy atom. The summed E-state index contributed by atoms with van der Waals surface area (Å²) in [5.41, 5.74) is 0.970. The van der Waals surface area contributed by atoms with E-state index in [9.17, 15) is 4.39 Å². The van der Waals surface area contributed by atoms with Crippen LogP contribution >= 0.6 is 35.7 Å². The monoisotopic (exact) mass is 522 g/mol.